The summed E-state index contributed by atoms with van der Waals surface area (Å²) in [5.41, 5.74) is 6.53. The molecule has 1 heterocycles. The lowest BCUT2D eigenvalue weighted by Gasteiger charge is -2.16. The molecule has 4 N–H and O–H groups in total. The summed E-state index contributed by atoms with van der Waals surface area (Å²) in [5.74, 6) is -0.381. The quantitative estimate of drug-likeness (QED) is 0.741. The Morgan fingerprint density at radius 2 is 2.28 bits per heavy atom. The Labute approximate surface area is 106 Å². The van der Waals surface area contributed by atoms with Crippen LogP contribution in [0.15, 0.2) is 24.3 Å². The number of carbonyl (C=O) groups excluding carboxylic acids is 2. The zero-order valence-corrected chi connectivity index (χ0v) is 10.1. The van der Waals surface area contributed by atoms with Gasteiger partial charge in [-0.25, -0.2) is 0 Å². The third-order valence-corrected chi connectivity index (χ3v) is 3.00. The highest BCUT2D eigenvalue weighted by atomic mass is 16.2. The lowest BCUT2D eigenvalue weighted by Crippen LogP contribution is -2.26. The van der Waals surface area contributed by atoms with Crippen LogP contribution in [-0.2, 0) is 4.79 Å². The number of amides is 2. The van der Waals surface area contributed by atoms with Crippen molar-refractivity contribution in [3.05, 3.63) is 29.8 Å². The smallest absolute Gasteiger partial charge is 0.248 e. The van der Waals surface area contributed by atoms with Crippen molar-refractivity contribution in [2.75, 3.05) is 11.9 Å². The van der Waals surface area contributed by atoms with Gasteiger partial charge in [-0.05, 0) is 31.0 Å². The first-order chi connectivity index (χ1) is 8.65. The predicted octanol–water partition coefficient (Wildman–Crippen LogP) is 0.866. The van der Waals surface area contributed by atoms with Crippen LogP contribution in [0.5, 0.6) is 0 Å². The van der Waals surface area contributed by atoms with Crippen LogP contribution in [0, 0.1) is 0 Å². The number of primary amides is 1. The van der Waals surface area contributed by atoms with Crippen LogP contribution in [0.1, 0.15) is 29.6 Å². The summed E-state index contributed by atoms with van der Waals surface area (Å²) in [6, 6.07) is 7.14. The highest BCUT2D eigenvalue weighted by Gasteiger charge is 2.17. The summed E-state index contributed by atoms with van der Waals surface area (Å²) in [6.45, 7) is 0.734. The van der Waals surface area contributed by atoms with E-state index >= 15 is 0 Å². The second kappa shape index (κ2) is 5.53. The molecule has 1 atom stereocenters. The van der Waals surface area contributed by atoms with Crippen LogP contribution in [0.3, 0.4) is 0 Å². The molecule has 18 heavy (non-hydrogen) atoms. The van der Waals surface area contributed by atoms with E-state index in [4.69, 9.17) is 5.73 Å². The molecule has 1 aliphatic heterocycles. The van der Waals surface area contributed by atoms with Gasteiger partial charge in [0.15, 0.2) is 0 Å². The Hall–Kier alpha value is -2.04. The van der Waals surface area contributed by atoms with Gasteiger partial charge in [-0.15, -0.1) is 0 Å². The van der Waals surface area contributed by atoms with E-state index in [1.54, 1.807) is 18.2 Å². The third kappa shape index (κ3) is 3.23. The van der Waals surface area contributed by atoms with Crippen molar-refractivity contribution in [1.29, 1.82) is 0 Å². The molecule has 1 saturated heterocycles. The maximum absolute atomic E-state index is 11.4. The first-order valence-corrected chi connectivity index (χ1v) is 6.08. The predicted molar refractivity (Wildman–Crippen MR) is 69.2 cm³/mol. The minimum absolute atomic E-state index is 0.0658. The zero-order chi connectivity index (χ0) is 13.0. The largest absolute Gasteiger partial charge is 0.382 e. The van der Waals surface area contributed by atoms with Gasteiger partial charge in [0.1, 0.15) is 0 Å². The van der Waals surface area contributed by atoms with Crippen molar-refractivity contribution in [1.82, 2.24) is 5.32 Å². The number of rotatable bonds is 3. The van der Waals surface area contributed by atoms with Gasteiger partial charge in [0.05, 0.1) is 0 Å². The van der Waals surface area contributed by atoms with Gasteiger partial charge in [0.25, 0.3) is 0 Å². The fraction of sp³-hybridized carbons (Fsp3) is 0.385. The molecule has 1 unspecified atom stereocenters. The molecule has 5 nitrogen and oxygen atoms in total. The average molecular weight is 247 g/mol. The van der Waals surface area contributed by atoms with Crippen LogP contribution in [0.25, 0.3) is 0 Å². The van der Waals surface area contributed by atoms with Crippen molar-refractivity contribution >= 4 is 17.5 Å². The van der Waals surface area contributed by atoms with Crippen LogP contribution in [-0.4, -0.2) is 24.4 Å². The molecular weight excluding hydrogens is 230 g/mol. The lowest BCUT2D eigenvalue weighted by atomic mass is 10.1. The summed E-state index contributed by atoms with van der Waals surface area (Å²) in [6.07, 6.45) is 2.35. The summed E-state index contributed by atoms with van der Waals surface area (Å²) < 4.78 is 0. The summed E-state index contributed by atoms with van der Waals surface area (Å²) in [4.78, 5) is 22.5. The fourth-order valence-electron chi connectivity index (χ4n) is 2.10. The van der Waals surface area contributed by atoms with Crippen LogP contribution in [0.2, 0.25) is 0 Å². The number of carbonyl (C=O) groups is 2. The molecule has 96 valence electrons. The zero-order valence-electron chi connectivity index (χ0n) is 10.1. The van der Waals surface area contributed by atoms with Crippen LogP contribution in [0.4, 0.5) is 5.69 Å². The second-order valence-electron chi connectivity index (χ2n) is 4.48. The lowest BCUT2D eigenvalue weighted by molar-refractivity contribution is -0.120. The maximum atomic E-state index is 11.4. The first-order valence-electron chi connectivity index (χ1n) is 6.08. The van der Waals surface area contributed by atoms with Crippen molar-refractivity contribution in [3.8, 4) is 0 Å². The van der Waals surface area contributed by atoms with Gasteiger partial charge in [-0.3, -0.25) is 9.59 Å². The van der Waals surface area contributed by atoms with Gasteiger partial charge in [0, 0.05) is 30.3 Å². The molecule has 5 heteroatoms. The van der Waals surface area contributed by atoms with E-state index < -0.39 is 5.91 Å². The maximum Gasteiger partial charge on any atom is 0.248 e. The average Bonchev–Trinajstić information content (AvgIpc) is 2.54. The molecule has 0 bridgehead atoms. The number of hydrogen-bond acceptors (Lipinski definition) is 3. The van der Waals surface area contributed by atoms with Crippen molar-refractivity contribution in [3.63, 3.8) is 0 Å². The van der Waals surface area contributed by atoms with E-state index in [0.29, 0.717) is 12.0 Å². The van der Waals surface area contributed by atoms with Crippen molar-refractivity contribution < 1.29 is 9.59 Å². The Bertz CT molecular complexity index is 459. The SMILES string of the molecule is NC(=O)c1cccc(NC2CCCNC(=O)C2)c1. The topological polar surface area (TPSA) is 84.2 Å². The van der Waals surface area contributed by atoms with Gasteiger partial charge < -0.3 is 16.4 Å². The van der Waals surface area contributed by atoms with Crippen LogP contribution >= 0.6 is 0 Å². The molecule has 1 aromatic rings. The fourth-order valence-corrected chi connectivity index (χ4v) is 2.10. The van der Waals surface area contributed by atoms with E-state index in [9.17, 15) is 9.59 Å². The molecule has 1 aliphatic rings. The second-order valence-corrected chi connectivity index (χ2v) is 4.48. The van der Waals surface area contributed by atoms with Crippen molar-refractivity contribution in [2.24, 2.45) is 5.73 Å². The molecule has 2 amide bonds. The molecule has 0 spiro atoms. The van der Waals surface area contributed by atoms with Gasteiger partial charge in [-0.2, -0.15) is 0 Å². The Morgan fingerprint density at radius 1 is 1.44 bits per heavy atom. The number of hydrogen-bond donors (Lipinski definition) is 3. The Morgan fingerprint density at radius 3 is 3.06 bits per heavy atom. The minimum atomic E-state index is -0.447. The van der Waals surface area contributed by atoms with E-state index in [1.165, 1.54) is 0 Å². The molecule has 2 rings (SSSR count). The van der Waals surface area contributed by atoms with E-state index in [0.717, 1.165) is 25.1 Å². The molecule has 1 aromatic carbocycles. The van der Waals surface area contributed by atoms with Gasteiger partial charge >= 0.3 is 0 Å². The van der Waals surface area contributed by atoms with E-state index in [1.807, 2.05) is 6.07 Å². The monoisotopic (exact) mass is 247 g/mol. The van der Waals surface area contributed by atoms with Crippen LogP contribution < -0.4 is 16.4 Å². The Balaban J connectivity index is 2.05. The van der Waals surface area contributed by atoms with Gasteiger partial charge in [-0.1, -0.05) is 6.07 Å². The molecule has 1 fully saturated rings. The molecular formula is C13H17N3O2. The molecule has 0 radical (unpaired) electrons. The van der Waals surface area contributed by atoms with Gasteiger partial charge in [0.2, 0.25) is 11.8 Å². The normalized spacial score (nSPS) is 19.8. The standard InChI is InChI=1S/C13H17N3O2/c14-13(18)9-3-1-4-10(7-9)16-11-5-2-6-15-12(17)8-11/h1,3-4,7,11,16H,2,5-6,8H2,(H2,14,18)(H,15,17). The first kappa shape index (κ1) is 12.4. The number of anilines is 1. The molecule has 0 aromatic heterocycles. The highest BCUT2D eigenvalue weighted by Crippen LogP contribution is 2.16. The van der Waals surface area contributed by atoms with E-state index in [2.05, 4.69) is 10.6 Å². The minimum Gasteiger partial charge on any atom is -0.382 e. The molecule has 0 aliphatic carbocycles. The van der Waals surface area contributed by atoms with E-state index in [-0.39, 0.29) is 11.9 Å². The van der Waals surface area contributed by atoms with Crippen molar-refractivity contribution in [2.45, 2.75) is 25.3 Å². The summed E-state index contributed by atoms with van der Waals surface area (Å²) in [5, 5.41) is 6.11. The summed E-state index contributed by atoms with van der Waals surface area (Å²) >= 11 is 0. The summed E-state index contributed by atoms with van der Waals surface area (Å²) in [7, 11) is 0. The third-order valence-electron chi connectivity index (χ3n) is 3.00. The number of nitrogens with two attached hydrogens (primary N) is 1. The highest BCUT2D eigenvalue weighted by molar-refractivity contribution is 5.93. The Kier molecular flexibility index (Phi) is 3.82. The molecule has 0 saturated carbocycles. The number of nitrogens with one attached hydrogen (secondary N) is 2. The number of benzene rings is 1.